The zero-order chi connectivity index (χ0) is 13.4. The normalized spacial score (nSPS) is 12.4. The molecule has 0 aliphatic carbocycles. The highest BCUT2D eigenvalue weighted by atomic mass is 16.5. The second-order valence-electron chi connectivity index (χ2n) is 4.44. The first-order valence-corrected chi connectivity index (χ1v) is 5.91. The molecule has 5 nitrogen and oxygen atoms in total. The molecule has 0 aliphatic heterocycles. The molecule has 1 N–H and O–H groups in total. The summed E-state index contributed by atoms with van der Waals surface area (Å²) in [6.45, 7) is 6.20. The third kappa shape index (κ3) is 5.68. The summed E-state index contributed by atoms with van der Waals surface area (Å²) in [6.07, 6.45) is 0.520. The van der Waals surface area contributed by atoms with Crippen molar-refractivity contribution in [3.63, 3.8) is 0 Å². The number of carbonyl (C=O) groups excluding carboxylic acids is 2. The van der Waals surface area contributed by atoms with Crippen LogP contribution in [0.15, 0.2) is 0 Å². The van der Waals surface area contributed by atoms with E-state index < -0.39 is 0 Å². The molecule has 100 valence electrons. The van der Waals surface area contributed by atoms with Crippen molar-refractivity contribution in [2.24, 2.45) is 11.8 Å². The van der Waals surface area contributed by atoms with Crippen molar-refractivity contribution in [3.05, 3.63) is 0 Å². The van der Waals surface area contributed by atoms with Crippen molar-refractivity contribution in [1.29, 1.82) is 0 Å². The molecule has 0 heterocycles. The largest absolute Gasteiger partial charge is 0.469 e. The fourth-order valence-electron chi connectivity index (χ4n) is 1.52. The second kappa shape index (κ2) is 8.06. The Morgan fingerprint density at radius 2 is 1.88 bits per heavy atom. The van der Waals surface area contributed by atoms with E-state index in [0.29, 0.717) is 19.5 Å². The molecule has 0 aromatic heterocycles. The lowest BCUT2D eigenvalue weighted by Crippen LogP contribution is -2.40. The van der Waals surface area contributed by atoms with E-state index in [9.17, 15) is 9.59 Å². The van der Waals surface area contributed by atoms with Gasteiger partial charge in [0.05, 0.1) is 13.0 Å². The van der Waals surface area contributed by atoms with E-state index in [2.05, 4.69) is 4.74 Å². The molecule has 0 aromatic rings. The van der Waals surface area contributed by atoms with Gasteiger partial charge in [0.25, 0.3) is 0 Å². The van der Waals surface area contributed by atoms with Gasteiger partial charge in [-0.1, -0.05) is 20.8 Å². The van der Waals surface area contributed by atoms with E-state index in [1.807, 2.05) is 13.8 Å². The van der Waals surface area contributed by atoms with Crippen LogP contribution < -0.4 is 0 Å². The lowest BCUT2D eigenvalue weighted by molar-refractivity contribution is -0.147. The fourth-order valence-corrected chi connectivity index (χ4v) is 1.52. The highest BCUT2D eigenvalue weighted by Gasteiger charge is 2.22. The van der Waals surface area contributed by atoms with Gasteiger partial charge in [0.15, 0.2) is 0 Å². The predicted molar refractivity (Wildman–Crippen MR) is 64.3 cm³/mol. The lowest BCUT2D eigenvalue weighted by atomic mass is 10.1. The van der Waals surface area contributed by atoms with Crippen molar-refractivity contribution in [1.82, 2.24) is 4.90 Å². The number of carbonyl (C=O) groups is 2. The van der Waals surface area contributed by atoms with Crippen LogP contribution in [0.25, 0.3) is 0 Å². The molecule has 1 unspecified atom stereocenters. The van der Waals surface area contributed by atoms with Crippen molar-refractivity contribution < 1.29 is 19.4 Å². The minimum atomic E-state index is -0.346. The first-order chi connectivity index (χ1) is 7.93. The van der Waals surface area contributed by atoms with Gasteiger partial charge < -0.3 is 14.7 Å². The number of aliphatic hydroxyl groups is 1. The molecule has 0 fully saturated rings. The Labute approximate surface area is 103 Å². The molecule has 0 radical (unpaired) electrons. The Morgan fingerprint density at radius 1 is 1.29 bits per heavy atom. The molecule has 0 aromatic carbocycles. The fraction of sp³-hybridized carbons (Fsp3) is 0.833. The van der Waals surface area contributed by atoms with Crippen LogP contribution >= 0.6 is 0 Å². The van der Waals surface area contributed by atoms with Crippen LogP contribution in [0.3, 0.4) is 0 Å². The maximum Gasteiger partial charge on any atom is 0.310 e. The van der Waals surface area contributed by atoms with E-state index in [0.717, 1.165) is 0 Å². The number of amides is 1. The Balaban J connectivity index is 4.47. The quantitative estimate of drug-likeness (QED) is 0.669. The maximum absolute atomic E-state index is 11.9. The number of aliphatic hydroxyl groups excluding tert-OH is 1. The average molecular weight is 245 g/mol. The van der Waals surface area contributed by atoms with Crippen LogP contribution in [-0.2, 0) is 14.3 Å². The van der Waals surface area contributed by atoms with E-state index in [-0.39, 0.29) is 30.3 Å². The molecule has 1 atom stereocenters. The molecule has 0 aliphatic rings. The van der Waals surface area contributed by atoms with Crippen molar-refractivity contribution in [2.45, 2.75) is 27.2 Å². The lowest BCUT2D eigenvalue weighted by Gasteiger charge is -2.26. The summed E-state index contributed by atoms with van der Waals surface area (Å²) < 4.78 is 4.63. The number of esters is 1. The molecule has 0 saturated heterocycles. The predicted octanol–water partition coefficient (Wildman–Crippen LogP) is 0.662. The number of hydrogen-bond donors (Lipinski definition) is 1. The summed E-state index contributed by atoms with van der Waals surface area (Å²) in [4.78, 5) is 24.8. The summed E-state index contributed by atoms with van der Waals surface area (Å²) in [6, 6.07) is 0. The van der Waals surface area contributed by atoms with Gasteiger partial charge in [-0.05, 0) is 6.42 Å². The number of rotatable bonds is 7. The molecule has 0 rings (SSSR count). The Hall–Kier alpha value is -1.10. The molecule has 0 bridgehead atoms. The van der Waals surface area contributed by atoms with Crippen molar-refractivity contribution in [2.75, 3.05) is 26.8 Å². The average Bonchev–Trinajstić information content (AvgIpc) is 2.31. The van der Waals surface area contributed by atoms with Crippen LogP contribution in [0.5, 0.6) is 0 Å². The molecule has 5 heteroatoms. The Bertz CT molecular complexity index is 253. The summed E-state index contributed by atoms with van der Waals surface area (Å²) in [5.41, 5.74) is 0. The zero-order valence-corrected chi connectivity index (χ0v) is 11.1. The third-order valence-electron chi connectivity index (χ3n) is 2.49. The summed E-state index contributed by atoms with van der Waals surface area (Å²) >= 11 is 0. The van der Waals surface area contributed by atoms with Gasteiger partial charge in [0.2, 0.25) is 5.91 Å². The summed E-state index contributed by atoms with van der Waals surface area (Å²) in [5.74, 6) is -0.787. The van der Waals surface area contributed by atoms with Crippen molar-refractivity contribution in [3.8, 4) is 0 Å². The number of methoxy groups -OCH3 is 1. The smallest absolute Gasteiger partial charge is 0.310 e. The maximum atomic E-state index is 11.9. The minimum Gasteiger partial charge on any atom is -0.469 e. The van der Waals surface area contributed by atoms with Crippen LogP contribution in [0.1, 0.15) is 27.2 Å². The van der Waals surface area contributed by atoms with Gasteiger partial charge in [0.1, 0.15) is 0 Å². The molecule has 1 amide bonds. The first-order valence-electron chi connectivity index (χ1n) is 5.91. The molecule has 0 spiro atoms. The van der Waals surface area contributed by atoms with Crippen LogP contribution in [0, 0.1) is 11.8 Å². The summed E-state index contributed by atoms with van der Waals surface area (Å²) in [5, 5.41) is 8.80. The van der Waals surface area contributed by atoms with E-state index in [1.165, 1.54) is 7.11 Å². The summed E-state index contributed by atoms with van der Waals surface area (Å²) in [7, 11) is 1.33. The highest BCUT2D eigenvalue weighted by Crippen LogP contribution is 2.08. The van der Waals surface area contributed by atoms with E-state index in [1.54, 1.807) is 11.8 Å². The number of hydrogen-bond acceptors (Lipinski definition) is 4. The van der Waals surface area contributed by atoms with Gasteiger partial charge in [-0.25, -0.2) is 0 Å². The number of ether oxygens (including phenoxy) is 1. The third-order valence-corrected chi connectivity index (χ3v) is 2.49. The van der Waals surface area contributed by atoms with E-state index >= 15 is 0 Å². The van der Waals surface area contributed by atoms with Gasteiger partial charge >= 0.3 is 5.97 Å². The number of nitrogens with zero attached hydrogens (tertiary/aromatic N) is 1. The Kier molecular flexibility index (Phi) is 7.54. The van der Waals surface area contributed by atoms with Gasteiger partial charge in [-0.3, -0.25) is 9.59 Å². The first kappa shape index (κ1) is 15.9. The van der Waals surface area contributed by atoms with Crippen LogP contribution in [-0.4, -0.2) is 48.7 Å². The molecular weight excluding hydrogens is 222 g/mol. The second-order valence-corrected chi connectivity index (χ2v) is 4.44. The minimum absolute atomic E-state index is 0.00537. The SMILES string of the molecule is COC(=O)C(C)CN(CCCO)C(=O)C(C)C. The highest BCUT2D eigenvalue weighted by molar-refractivity contribution is 5.79. The monoisotopic (exact) mass is 245 g/mol. The molecule has 0 saturated carbocycles. The Morgan fingerprint density at radius 3 is 2.29 bits per heavy atom. The zero-order valence-electron chi connectivity index (χ0n) is 11.1. The van der Waals surface area contributed by atoms with Gasteiger partial charge in [-0.15, -0.1) is 0 Å². The standard InChI is InChI=1S/C12H23NO4/c1-9(2)11(15)13(6-5-7-14)8-10(3)12(16)17-4/h9-10,14H,5-8H2,1-4H3. The van der Waals surface area contributed by atoms with Gasteiger partial charge in [-0.2, -0.15) is 0 Å². The van der Waals surface area contributed by atoms with Crippen LogP contribution in [0.2, 0.25) is 0 Å². The van der Waals surface area contributed by atoms with Crippen molar-refractivity contribution >= 4 is 11.9 Å². The molecular formula is C12H23NO4. The van der Waals surface area contributed by atoms with Crippen LogP contribution in [0.4, 0.5) is 0 Å². The topological polar surface area (TPSA) is 66.8 Å². The molecule has 17 heavy (non-hydrogen) atoms. The van der Waals surface area contributed by atoms with E-state index in [4.69, 9.17) is 5.11 Å². The van der Waals surface area contributed by atoms with Gasteiger partial charge in [0, 0.05) is 25.6 Å².